The normalized spacial score (nSPS) is 12.7. The minimum Gasteiger partial charge on any atom is -0.550 e. The number of benzene rings is 2. The average molecular weight is 404 g/mol. The van der Waals surface area contributed by atoms with Crippen LogP contribution < -0.4 is 20.8 Å². The number of quaternary nitrogens is 2. The molecule has 0 aromatic heterocycles. The highest BCUT2D eigenvalue weighted by Gasteiger charge is 2.01. The molecule has 0 saturated carbocycles. The van der Waals surface area contributed by atoms with E-state index in [0.717, 1.165) is 0 Å². The van der Waals surface area contributed by atoms with Crippen LogP contribution in [0, 0.1) is 0 Å². The quantitative estimate of drug-likeness (QED) is 0.707. The molecule has 0 fully saturated rings. The molecule has 0 atom stereocenters. The van der Waals surface area contributed by atoms with Crippen LogP contribution in [0.4, 0.5) is 11.4 Å². The lowest BCUT2D eigenvalue weighted by Crippen LogP contribution is -2.71. The molecule has 6 heteroatoms. The molecule has 6 nitrogen and oxygen atoms in total. The third kappa shape index (κ3) is 8.52. The van der Waals surface area contributed by atoms with Crippen LogP contribution in [0.2, 0.25) is 0 Å². The molecule has 2 aliphatic rings. The SMILES string of the molecule is C1=C[NH2+]c2ccccc2C=C1.C1=C[NH2+]c2ccccc2C=C1.O=C([O-])CCC(=O)[O-]. The molecule has 2 aromatic rings. The summed E-state index contributed by atoms with van der Waals surface area (Å²) in [7, 11) is 0. The van der Waals surface area contributed by atoms with Crippen molar-refractivity contribution in [1.29, 1.82) is 0 Å². The van der Waals surface area contributed by atoms with Crippen molar-refractivity contribution < 1.29 is 30.4 Å². The molecule has 0 aliphatic carbocycles. The lowest BCUT2D eigenvalue weighted by atomic mass is 10.2. The molecule has 0 radical (unpaired) electrons. The molecule has 0 amide bonds. The van der Waals surface area contributed by atoms with Gasteiger partial charge in [-0.25, -0.2) is 0 Å². The van der Waals surface area contributed by atoms with Gasteiger partial charge in [0.05, 0.1) is 12.4 Å². The second-order valence-electron chi connectivity index (χ2n) is 6.32. The molecule has 0 saturated heterocycles. The third-order valence-corrected chi connectivity index (χ3v) is 4.07. The smallest absolute Gasteiger partial charge is 0.141 e. The number of hydrogen-bond acceptors (Lipinski definition) is 4. The first-order chi connectivity index (χ1) is 14.6. The molecule has 4 rings (SSSR count). The van der Waals surface area contributed by atoms with Crippen molar-refractivity contribution >= 4 is 35.5 Å². The topological polar surface area (TPSA) is 113 Å². The molecular formula is C24H24N2O4. The van der Waals surface area contributed by atoms with Crippen LogP contribution in [0.3, 0.4) is 0 Å². The van der Waals surface area contributed by atoms with Gasteiger partial charge in [0.2, 0.25) is 0 Å². The molecule has 154 valence electrons. The summed E-state index contributed by atoms with van der Waals surface area (Å²) in [5, 5.41) is 23.2. The van der Waals surface area contributed by atoms with Crippen molar-refractivity contribution in [3.63, 3.8) is 0 Å². The highest BCUT2D eigenvalue weighted by molar-refractivity contribution is 5.72. The van der Waals surface area contributed by atoms with Gasteiger partial charge < -0.3 is 19.8 Å². The number of para-hydroxylation sites is 2. The summed E-state index contributed by atoms with van der Waals surface area (Å²) in [6, 6.07) is 16.7. The Morgan fingerprint density at radius 2 is 1.03 bits per heavy atom. The van der Waals surface area contributed by atoms with E-state index >= 15 is 0 Å². The van der Waals surface area contributed by atoms with E-state index in [1.165, 1.54) is 22.5 Å². The fraction of sp³-hybridized carbons (Fsp3) is 0.0833. The van der Waals surface area contributed by atoms with Crippen LogP contribution in [0.25, 0.3) is 12.2 Å². The van der Waals surface area contributed by atoms with Gasteiger partial charge in [-0.05, 0) is 49.3 Å². The number of rotatable bonds is 3. The van der Waals surface area contributed by atoms with E-state index in [1.807, 2.05) is 12.2 Å². The first-order valence-electron chi connectivity index (χ1n) is 9.50. The van der Waals surface area contributed by atoms with E-state index < -0.39 is 24.8 Å². The fourth-order valence-electron chi connectivity index (χ4n) is 2.60. The van der Waals surface area contributed by atoms with Gasteiger partial charge in [-0.2, -0.15) is 0 Å². The number of hydrogen-bond donors (Lipinski definition) is 2. The zero-order valence-corrected chi connectivity index (χ0v) is 16.4. The lowest BCUT2D eigenvalue weighted by molar-refractivity contribution is -0.496. The Morgan fingerprint density at radius 1 is 0.633 bits per heavy atom. The number of nitrogens with two attached hydrogens (primary N) is 2. The summed E-state index contributed by atoms with van der Waals surface area (Å²) in [5.41, 5.74) is 5.16. The maximum atomic E-state index is 9.50. The van der Waals surface area contributed by atoms with E-state index in [0.29, 0.717) is 0 Å². The Bertz CT molecular complexity index is 895. The molecule has 30 heavy (non-hydrogen) atoms. The predicted octanol–water partition coefficient (Wildman–Crippen LogP) is 0.110. The summed E-state index contributed by atoms with van der Waals surface area (Å²) in [6.45, 7) is 0. The van der Waals surface area contributed by atoms with Crippen molar-refractivity contribution in [3.05, 3.63) is 96.4 Å². The number of allylic oxidation sites excluding steroid dienone is 4. The second kappa shape index (κ2) is 12.7. The monoisotopic (exact) mass is 404 g/mol. The van der Waals surface area contributed by atoms with E-state index in [-0.39, 0.29) is 0 Å². The van der Waals surface area contributed by atoms with E-state index in [2.05, 4.69) is 95.9 Å². The number of fused-ring (bicyclic) bond motifs is 2. The molecular weight excluding hydrogens is 380 g/mol. The zero-order valence-electron chi connectivity index (χ0n) is 16.4. The van der Waals surface area contributed by atoms with Crippen molar-refractivity contribution in [2.45, 2.75) is 12.8 Å². The molecule has 2 heterocycles. The number of carboxylic acid groups (broad SMARTS) is 2. The first kappa shape index (κ1) is 22.5. The minimum atomic E-state index is -1.37. The van der Waals surface area contributed by atoms with Gasteiger partial charge in [0.25, 0.3) is 0 Å². The van der Waals surface area contributed by atoms with E-state index in [9.17, 15) is 19.8 Å². The zero-order chi connectivity index (χ0) is 21.6. The Morgan fingerprint density at radius 3 is 1.43 bits per heavy atom. The van der Waals surface area contributed by atoms with Gasteiger partial charge in [0.15, 0.2) is 0 Å². The third-order valence-electron chi connectivity index (χ3n) is 4.07. The van der Waals surface area contributed by atoms with Crippen LogP contribution in [-0.2, 0) is 9.59 Å². The van der Waals surface area contributed by atoms with Gasteiger partial charge in [-0.3, -0.25) is 10.6 Å². The summed E-state index contributed by atoms with van der Waals surface area (Å²) >= 11 is 0. The van der Waals surface area contributed by atoms with Gasteiger partial charge in [0, 0.05) is 35.2 Å². The summed E-state index contributed by atoms with van der Waals surface area (Å²) in [5.74, 6) is -2.73. The Labute approximate surface area is 175 Å². The highest BCUT2D eigenvalue weighted by Crippen LogP contribution is 2.13. The maximum absolute atomic E-state index is 9.50. The Balaban J connectivity index is 0.000000163. The molecule has 2 aliphatic heterocycles. The molecule has 4 N–H and O–H groups in total. The standard InChI is InChI=1S/2C10H9N.C4H6O4/c2*1-2-7-10-9(5-1)6-3-4-8-11-10;5-3(6)1-2-4(7)8/h2*1-8,11H;1-2H2,(H,5,6)(H,7,8). The summed E-state index contributed by atoms with van der Waals surface area (Å²) in [6.07, 6.45) is 15.6. The van der Waals surface area contributed by atoms with Crippen LogP contribution in [-0.4, -0.2) is 11.9 Å². The van der Waals surface area contributed by atoms with Crippen LogP contribution >= 0.6 is 0 Å². The average Bonchev–Trinajstić information content (AvgIpc) is 3.13. The summed E-state index contributed by atoms with van der Waals surface area (Å²) < 4.78 is 0. The van der Waals surface area contributed by atoms with Crippen molar-refractivity contribution in [2.24, 2.45) is 0 Å². The minimum absolute atomic E-state index is 0.470. The van der Waals surface area contributed by atoms with Crippen LogP contribution in [0.5, 0.6) is 0 Å². The molecule has 0 unspecified atom stereocenters. The van der Waals surface area contributed by atoms with Crippen molar-refractivity contribution in [2.75, 3.05) is 0 Å². The molecule has 0 spiro atoms. The van der Waals surface area contributed by atoms with E-state index in [4.69, 9.17) is 0 Å². The Kier molecular flexibility index (Phi) is 9.52. The molecule has 0 bridgehead atoms. The number of carbonyl (C=O) groups is 2. The fourth-order valence-corrected chi connectivity index (χ4v) is 2.60. The van der Waals surface area contributed by atoms with Crippen LogP contribution in [0.15, 0.2) is 85.2 Å². The van der Waals surface area contributed by atoms with Crippen molar-refractivity contribution in [3.8, 4) is 0 Å². The predicted molar refractivity (Wildman–Crippen MR) is 112 cm³/mol. The largest absolute Gasteiger partial charge is 0.550 e. The van der Waals surface area contributed by atoms with Gasteiger partial charge in [0.1, 0.15) is 11.4 Å². The van der Waals surface area contributed by atoms with Gasteiger partial charge >= 0.3 is 0 Å². The molecule has 2 aromatic carbocycles. The van der Waals surface area contributed by atoms with Crippen LogP contribution in [0.1, 0.15) is 24.0 Å². The van der Waals surface area contributed by atoms with Crippen molar-refractivity contribution in [1.82, 2.24) is 0 Å². The maximum Gasteiger partial charge on any atom is 0.141 e. The first-order valence-corrected chi connectivity index (χ1v) is 9.50. The van der Waals surface area contributed by atoms with E-state index in [1.54, 1.807) is 0 Å². The highest BCUT2D eigenvalue weighted by atomic mass is 16.4. The number of carbonyl (C=O) groups excluding carboxylic acids is 2. The number of carboxylic acids is 2. The number of aliphatic carboxylic acids is 2. The summed E-state index contributed by atoms with van der Waals surface area (Å²) in [4.78, 5) is 19.0. The van der Waals surface area contributed by atoms with Gasteiger partial charge in [-0.15, -0.1) is 0 Å². The van der Waals surface area contributed by atoms with Gasteiger partial charge in [-0.1, -0.05) is 36.4 Å². The second-order valence-corrected chi connectivity index (χ2v) is 6.32. The lowest BCUT2D eigenvalue weighted by Gasteiger charge is -2.00. The Hall–Kier alpha value is -3.74.